The Kier molecular flexibility index (Phi) is 6.71. The average Bonchev–Trinajstić information content (AvgIpc) is 2.92. The zero-order valence-electron chi connectivity index (χ0n) is 16.0. The van der Waals surface area contributed by atoms with Crippen LogP contribution in [0.3, 0.4) is 0 Å². The van der Waals surface area contributed by atoms with E-state index in [2.05, 4.69) is 34.6 Å². The molecule has 0 saturated carbocycles. The number of hydrogen-bond acceptors (Lipinski definition) is 2. The van der Waals surface area contributed by atoms with Crippen molar-refractivity contribution < 1.29 is 8.78 Å². The van der Waals surface area contributed by atoms with Crippen molar-refractivity contribution >= 4 is 5.96 Å². The van der Waals surface area contributed by atoms with Crippen molar-refractivity contribution in [1.82, 2.24) is 20.4 Å². The number of benzene rings is 1. The molecule has 1 unspecified atom stereocenters. The minimum atomic E-state index is -0.586. The van der Waals surface area contributed by atoms with E-state index in [1.54, 1.807) is 7.05 Å². The molecular weight excluding hydrogens is 336 g/mol. The first-order chi connectivity index (χ1) is 12.4. The van der Waals surface area contributed by atoms with Crippen LogP contribution in [0.25, 0.3) is 0 Å². The van der Waals surface area contributed by atoms with Crippen molar-refractivity contribution in [3.05, 3.63) is 52.3 Å². The largest absolute Gasteiger partial charge is 0.352 e. The summed E-state index contributed by atoms with van der Waals surface area (Å²) in [5.41, 5.74) is 3.80. The number of hydrogen-bond donors (Lipinski definition) is 2. The van der Waals surface area contributed by atoms with E-state index in [1.807, 2.05) is 18.7 Å². The molecule has 0 bridgehead atoms. The predicted molar refractivity (Wildman–Crippen MR) is 100 cm³/mol. The fourth-order valence-electron chi connectivity index (χ4n) is 3.10. The van der Waals surface area contributed by atoms with Crippen LogP contribution in [0.2, 0.25) is 0 Å². The molecule has 2 aromatic rings. The summed E-state index contributed by atoms with van der Waals surface area (Å²) in [6.45, 7) is 6.57. The maximum Gasteiger partial charge on any atom is 0.191 e. The van der Waals surface area contributed by atoms with Crippen LogP contribution < -0.4 is 10.6 Å². The Bertz CT molecular complexity index is 782. The Morgan fingerprint density at radius 1 is 1.27 bits per heavy atom. The number of guanidine groups is 1. The van der Waals surface area contributed by atoms with Crippen LogP contribution in [-0.4, -0.2) is 22.8 Å². The first-order valence-electron chi connectivity index (χ1n) is 8.86. The van der Waals surface area contributed by atoms with Gasteiger partial charge in [-0.25, -0.2) is 8.78 Å². The van der Waals surface area contributed by atoms with Crippen LogP contribution in [0.15, 0.2) is 23.2 Å². The smallest absolute Gasteiger partial charge is 0.191 e. The second kappa shape index (κ2) is 8.78. The highest BCUT2D eigenvalue weighted by molar-refractivity contribution is 5.80. The molecule has 0 aliphatic heterocycles. The number of aromatic nitrogens is 2. The summed E-state index contributed by atoms with van der Waals surface area (Å²) in [5, 5.41) is 11.0. The minimum Gasteiger partial charge on any atom is -0.352 e. The zero-order valence-corrected chi connectivity index (χ0v) is 16.0. The van der Waals surface area contributed by atoms with Gasteiger partial charge in [-0.05, 0) is 25.8 Å². The molecule has 0 amide bonds. The van der Waals surface area contributed by atoms with Crippen molar-refractivity contribution in [2.24, 2.45) is 12.0 Å². The van der Waals surface area contributed by atoms with Crippen LogP contribution in [-0.2, 0) is 26.4 Å². The third-order valence-electron chi connectivity index (χ3n) is 4.47. The van der Waals surface area contributed by atoms with Gasteiger partial charge < -0.3 is 10.6 Å². The Morgan fingerprint density at radius 3 is 2.58 bits per heavy atom. The fraction of sp³-hybridized carbons (Fsp3) is 0.474. The van der Waals surface area contributed by atoms with Gasteiger partial charge >= 0.3 is 0 Å². The lowest BCUT2D eigenvalue weighted by Gasteiger charge is -2.19. The van der Waals surface area contributed by atoms with Crippen molar-refractivity contribution in [1.29, 1.82) is 0 Å². The lowest BCUT2D eigenvalue weighted by Crippen LogP contribution is -2.38. The normalized spacial score (nSPS) is 13.0. The number of nitrogens with zero attached hydrogens (tertiary/aromatic N) is 3. The number of halogens is 2. The summed E-state index contributed by atoms with van der Waals surface area (Å²) in [5.74, 6) is -0.611. The van der Waals surface area contributed by atoms with Gasteiger partial charge in [-0.3, -0.25) is 9.67 Å². The molecule has 1 heterocycles. The Labute approximate surface area is 153 Å². The van der Waals surface area contributed by atoms with Gasteiger partial charge in [0.25, 0.3) is 0 Å². The van der Waals surface area contributed by atoms with E-state index in [9.17, 15) is 8.78 Å². The molecule has 0 saturated heterocycles. The molecule has 2 N–H and O–H groups in total. The molecule has 0 aliphatic rings. The summed E-state index contributed by atoms with van der Waals surface area (Å²) < 4.78 is 29.0. The van der Waals surface area contributed by atoms with Crippen molar-refractivity contribution in [3.63, 3.8) is 0 Å². The van der Waals surface area contributed by atoms with E-state index in [4.69, 9.17) is 0 Å². The van der Waals surface area contributed by atoms with E-state index in [0.717, 1.165) is 24.6 Å². The third-order valence-corrected chi connectivity index (χ3v) is 4.47. The van der Waals surface area contributed by atoms with Crippen molar-refractivity contribution in [2.75, 3.05) is 7.05 Å². The van der Waals surface area contributed by atoms with Gasteiger partial charge in [0.15, 0.2) is 5.96 Å². The summed E-state index contributed by atoms with van der Waals surface area (Å²) in [6.07, 6.45) is 1.75. The molecule has 5 nitrogen and oxygen atoms in total. The quantitative estimate of drug-likeness (QED) is 0.612. The molecule has 0 fully saturated rings. The number of aryl methyl sites for hydroxylation is 2. The molecule has 1 aromatic heterocycles. The lowest BCUT2D eigenvalue weighted by molar-refractivity contribution is 0.550. The van der Waals surface area contributed by atoms with Gasteiger partial charge in [-0.2, -0.15) is 5.10 Å². The zero-order chi connectivity index (χ0) is 19.3. The molecule has 0 aliphatic carbocycles. The van der Waals surface area contributed by atoms with E-state index >= 15 is 0 Å². The lowest BCUT2D eigenvalue weighted by atomic mass is 10.1. The van der Waals surface area contributed by atoms with Crippen molar-refractivity contribution in [2.45, 2.75) is 46.2 Å². The maximum absolute atomic E-state index is 14.0. The second-order valence-corrected chi connectivity index (χ2v) is 6.16. The van der Waals surface area contributed by atoms with E-state index in [-0.39, 0.29) is 6.04 Å². The average molecular weight is 363 g/mol. The SMILES string of the molecule is CCc1nn(C)c(CC)c1CNC(=NC)NC(C)c1ccc(F)cc1F. The Balaban J connectivity index is 2.09. The summed E-state index contributed by atoms with van der Waals surface area (Å²) in [4.78, 5) is 4.20. The van der Waals surface area contributed by atoms with Gasteiger partial charge in [0.05, 0.1) is 11.7 Å². The van der Waals surface area contributed by atoms with Crippen LogP contribution in [0.1, 0.15) is 49.3 Å². The highest BCUT2D eigenvalue weighted by Gasteiger charge is 2.16. The maximum atomic E-state index is 14.0. The van der Waals surface area contributed by atoms with Crippen LogP contribution in [0.5, 0.6) is 0 Å². The molecule has 0 spiro atoms. The van der Waals surface area contributed by atoms with Crippen molar-refractivity contribution in [3.8, 4) is 0 Å². The van der Waals surface area contributed by atoms with Gasteiger partial charge in [0, 0.05) is 43.5 Å². The highest BCUT2D eigenvalue weighted by Crippen LogP contribution is 2.18. The summed E-state index contributed by atoms with van der Waals surface area (Å²) >= 11 is 0. The highest BCUT2D eigenvalue weighted by atomic mass is 19.1. The number of aliphatic imine (C=N–C) groups is 1. The molecule has 1 aromatic carbocycles. The molecular formula is C19H27F2N5. The van der Waals surface area contributed by atoms with Gasteiger partial charge in [0.2, 0.25) is 0 Å². The van der Waals surface area contributed by atoms with E-state index in [1.165, 1.54) is 23.4 Å². The van der Waals surface area contributed by atoms with Crippen LogP contribution >= 0.6 is 0 Å². The summed E-state index contributed by atoms with van der Waals surface area (Å²) in [7, 11) is 3.61. The first kappa shape index (κ1) is 19.9. The van der Waals surface area contributed by atoms with Crippen LogP contribution in [0.4, 0.5) is 8.78 Å². The van der Waals surface area contributed by atoms with E-state index < -0.39 is 11.6 Å². The Hall–Kier alpha value is -2.44. The minimum absolute atomic E-state index is 0.355. The van der Waals surface area contributed by atoms with E-state index in [0.29, 0.717) is 18.1 Å². The summed E-state index contributed by atoms with van der Waals surface area (Å²) in [6, 6.07) is 3.23. The number of rotatable bonds is 6. The predicted octanol–water partition coefficient (Wildman–Crippen LogP) is 3.25. The second-order valence-electron chi connectivity index (χ2n) is 6.16. The fourth-order valence-corrected chi connectivity index (χ4v) is 3.10. The number of nitrogens with one attached hydrogen (secondary N) is 2. The molecule has 7 heteroatoms. The van der Waals surface area contributed by atoms with Gasteiger partial charge in [-0.15, -0.1) is 0 Å². The monoisotopic (exact) mass is 363 g/mol. The molecule has 1 atom stereocenters. The topological polar surface area (TPSA) is 54.2 Å². The first-order valence-corrected chi connectivity index (χ1v) is 8.86. The van der Waals surface area contributed by atoms with Gasteiger partial charge in [-0.1, -0.05) is 19.9 Å². The molecule has 26 heavy (non-hydrogen) atoms. The standard InChI is InChI=1S/C19H27F2N5/c1-6-17-15(18(7-2)26(5)25-17)11-23-19(22-4)24-12(3)14-9-8-13(20)10-16(14)21/h8-10,12H,6-7,11H2,1-5H3,(H2,22,23,24). The van der Waals surface area contributed by atoms with Crippen LogP contribution in [0, 0.1) is 11.6 Å². The third kappa shape index (κ3) is 4.39. The molecule has 2 rings (SSSR count). The van der Waals surface area contributed by atoms with Gasteiger partial charge in [0.1, 0.15) is 11.6 Å². The Morgan fingerprint density at radius 2 is 2.00 bits per heavy atom. The molecule has 0 radical (unpaired) electrons. The molecule has 142 valence electrons.